The molecule has 108 valence electrons. The van der Waals surface area contributed by atoms with E-state index in [1.54, 1.807) is 11.3 Å². The molecule has 1 aromatic heterocycles. The molecule has 5 heteroatoms. The molecule has 0 amide bonds. The number of rotatable bonds is 5. The number of benzene rings is 2. The molecule has 0 unspecified atom stereocenters. The molecule has 0 saturated heterocycles. The third kappa shape index (κ3) is 3.25. The van der Waals surface area contributed by atoms with Gasteiger partial charge in [0.2, 0.25) is 0 Å². The highest BCUT2D eigenvalue weighted by atomic mass is 32.1. The Morgan fingerprint density at radius 1 is 1.00 bits per heavy atom. The van der Waals surface area contributed by atoms with Gasteiger partial charge in [-0.1, -0.05) is 18.2 Å². The van der Waals surface area contributed by atoms with Crippen LogP contribution >= 0.6 is 11.3 Å². The third-order valence-corrected chi connectivity index (χ3v) is 4.31. The lowest BCUT2D eigenvalue weighted by molar-refractivity contribution is 0.536. The Morgan fingerprint density at radius 3 is 2.52 bits per heavy atom. The van der Waals surface area contributed by atoms with Gasteiger partial charge in [0, 0.05) is 25.1 Å². The number of halogens is 2. The summed E-state index contributed by atoms with van der Waals surface area (Å²) in [6.45, 7) is 0.816. The van der Waals surface area contributed by atoms with Crippen molar-refractivity contribution in [2.45, 2.75) is 13.0 Å². The molecule has 0 aliphatic rings. The quantitative estimate of drug-likeness (QED) is 0.723. The molecule has 21 heavy (non-hydrogen) atoms. The van der Waals surface area contributed by atoms with Gasteiger partial charge in [0.25, 0.3) is 0 Å². The van der Waals surface area contributed by atoms with Crippen molar-refractivity contribution < 1.29 is 8.78 Å². The van der Waals surface area contributed by atoms with Crippen LogP contribution in [-0.4, -0.2) is 11.5 Å². The van der Waals surface area contributed by atoms with Crippen molar-refractivity contribution in [3.8, 4) is 0 Å². The van der Waals surface area contributed by atoms with E-state index in [9.17, 15) is 8.78 Å². The molecule has 1 heterocycles. The molecule has 0 saturated carbocycles. The van der Waals surface area contributed by atoms with E-state index < -0.39 is 11.6 Å². The first-order valence-corrected chi connectivity index (χ1v) is 7.54. The van der Waals surface area contributed by atoms with Gasteiger partial charge in [-0.3, -0.25) is 0 Å². The maximum absolute atomic E-state index is 13.4. The lowest BCUT2D eigenvalue weighted by Crippen LogP contribution is -2.18. The molecule has 2 nitrogen and oxygen atoms in total. The second-order valence-corrected chi connectivity index (χ2v) is 5.82. The second-order valence-electron chi connectivity index (χ2n) is 4.70. The van der Waals surface area contributed by atoms with E-state index in [1.165, 1.54) is 18.2 Å². The average Bonchev–Trinajstić information content (AvgIpc) is 2.88. The summed E-state index contributed by atoms with van der Waals surface area (Å²) >= 11 is 1.65. The zero-order chi connectivity index (χ0) is 14.7. The van der Waals surface area contributed by atoms with E-state index in [4.69, 9.17) is 0 Å². The largest absolute Gasteiger partial charge is 0.312 e. The number of para-hydroxylation sites is 1. The van der Waals surface area contributed by atoms with E-state index in [-0.39, 0.29) is 12.1 Å². The first-order chi connectivity index (χ1) is 10.2. The zero-order valence-electron chi connectivity index (χ0n) is 11.3. The van der Waals surface area contributed by atoms with Gasteiger partial charge in [-0.25, -0.2) is 13.8 Å². The van der Waals surface area contributed by atoms with Crippen molar-refractivity contribution in [3.63, 3.8) is 0 Å². The maximum Gasteiger partial charge on any atom is 0.130 e. The molecule has 3 aromatic rings. The lowest BCUT2D eigenvalue weighted by atomic mass is 10.2. The molecular formula is C16H14F2N2S. The van der Waals surface area contributed by atoms with E-state index in [0.717, 1.165) is 21.6 Å². The molecule has 0 aliphatic carbocycles. The van der Waals surface area contributed by atoms with Gasteiger partial charge in [-0.05, 0) is 24.3 Å². The molecule has 3 rings (SSSR count). The van der Waals surface area contributed by atoms with Crippen LogP contribution in [-0.2, 0) is 13.0 Å². The number of hydrogen-bond donors (Lipinski definition) is 1. The highest BCUT2D eigenvalue weighted by molar-refractivity contribution is 7.18. The Kier molecular flexibility index (Phi) is 4.22. The SMILES string of the molecule is Fc1cccc(F)c1CNCCc1nc2ccccc2s1. The minimum atomic E-state index is -0.512. The summed E-state index contributed by atoms with van der Waals surface area (Å²) < 4.78 is 28.1. The third-order valence-electron chi connectivity index (χ3n) is 3.22. The summed E-state index contributed by atoms with van der Waals surface area (Å²) in [6.07, 6.45) is 0.745. The molecule has 0 fully saturated rings. The number of thiazole rings is 1. The van der Waals surface area contributed by atoms with Crippen LogP contribution < -0.4 is 5.32 Å². The molecule has 0 bridgehead atoms. The molecule has 0 aliphatic heterocycles. The summed E-state index contributed by atoms with van der Waals surface area (Å²) in [5.41, 5.74) is 1.08. The van der Waals surface area contributed by atoms with Crippen LogP contribution in [0.3, 0.4) is 0 Å². The molecule has 2 aromatic carbocycles. The Balaban J connectivity index is 1.56. The smallest absolute Gasteiger partial charge is 0.130 e. The average molecular weight is 304 g/mol. The molecule has 0 spiro atoms. The highest BCUT2D eigenvalue weighted by Gasteiger charge is 2.08. The fraction of sp³-hybridized carbons (Fsp3) is 0.188. The zero-order valence-corrected chi connectivity index (χ0v) is 12.1. The van der Waals surface area contributed by atoms with Crippen molar-refractivity contribution in [2.75, 3.05) is 6.54 Å². The minimum absolute atomic E-state index is 0.0850. The number of hydrogen-bond acceptors (Lipinski definition) is 3. The highest BCUT2D eigenvalue weighted by Crippen LogP contribution is 2.21. The van der Waals surface area contributed by atoms with E-state index >= 15 is 0 Å². The Bertz CT molecular complexity index is 702. The van der Waals surface area contributed by atoms with Gasteiger partial charge in [0.1, 0.15) is 11.6 Å². The predicted octanol–water partition coefficient (Wildman–Crippen LogP) is 3.91. The van der Waals surface area contributed by atoms with Crippen LogP contribution in [0.15, 0.2) is 42.5 Å². The first kappa shape index (κ1) is 14.1. The van der Waals surface area contributed by atoms with Crippen LogP contribution in [0.2, 0.25) is 0 Å². The molecule has 0 atom stereocenters. The molecule has 0 radical (unpaired) electrons. The number of nitrogens with one attached hydrogen (secondary N) is 1. The van der Waals surface area contributed by atoms with Crippen LogP contribution in [0.1, 0.15) is 10.6 Å². The monoisotopic (exact) mass is 304 g/mol. The van der Waals surface area contributed by atoms with Gasteiger partial charge in [0.15, 0.2) is 0 Å². The number of fused-ring (bicyclic) bond motifs is 1. The maximum atomic E-state index is 13.4. The van der Waals surface area contributed by atoms with Crippen molar-refractivity contribution in [2.24, 2.45) is 0 Å². The van der Waals surface area contributed by atoms with Crippen LogP contribution in [0.5, 0.6) is 0 Å². The van der Waals surface area contributed by atoms with Gasteiger partial charge < -0.3 is 5.32 Å². The summed E-state index contributed by atoms with van der Waals surface area (Å²) in [4.78, 5) is 4.52. The van der Waals surface area contributed by atoms with Crippen molar-refractivity contribution >= 4 is 21.6 Å². The Morgan fingerprint density at radius 2 is 1.76 bits per heavy atom. The van der Waals surface area contributed by atoms with Crippen molar-refractivity contribution in [3.05, 3.63) is 64.7 Å². The van der Waals surface area contributed by atoms with Crippen LogP contribution in [0.25, 0.3) is 10.2 Å². The number of nitrogens with zero attached hydrogens (tertiary/aromatic N) is 1. The topological polar surface area (TPSA) is 24.9 Å². The normalized spacial score (nSPS) is 11.1. The van der Waals surface area contributed by atoms with E-state index in [2.05, 4.69) is 10.3 Å². The van der Waals surface area contributed by atoms with Gasteiger partial charge in [-0.2, -0.15) is 0 Å². The fourth-order valence-electron chi connectivity index (χ4n) is 2.14. The minimum Gasteiger partial charge on any atom is -0.312 e. The van der Waals surface area contributed by atoms with Crippen molar-refractivity contribution in [1.82, 2.24) is 10.3 Å². The second kappa shape index (κ2) is 6.28. The lowest BCUT2D eigenvalue weighted by Gasteiger charge is -2.06. The summed E-state index contributed by atoms with van der Waals surface area (Å²) in [6, 6.07) is 11.9. The van der Waals surface area contributed by atoms with E-state index in [0.29, 0.717) is 6.54 Å². The van der Waals surface area contributed by atoms with Crippen molar-refractivity contribution in [1.29, 1.82) is 0 Å². The summed E-state index contributed by atoms with van der Waals surface area (Å²) in [5.74, 6) is -1.02. The van der Waals surface area contributed by atoms with Crippen LogP contribution in [0.4, 0.5) is 8.78 Å². The fourth-order valence-corrected chi connectivity index (χ4v) is 3.10. The summed E-state index contributed by atoms with van der Waals surface area (Å²) in [5, 5.41) is 4.09. The van der Waals surface area contributed by atoms with Gasteiger partial charge in [0.05, 0.1) is 15.2 Å². The predicted molar refractivity (Wildman–Crippen MR) is 81.4 cm³/mol. The van der Waals surface area contributed by atoms with Crippen LogP contribution in [0, 0.1) is 11.6 Å². The first-order valence-electron chi connectivity index (χ1n) is 6.72. The van der Waals surface area contributed by atoms with Gasteiger partial charge >= 0.3 is 0 Å². The molecular weight excluding hydrogens is 290 g/mol. The number of aromatic nitrogens is 1. The Hall–Kier alpha value is -1.85. The standard InChI is InChI=1S/C16H14F2N2S/c17-12-4-3-5-13(18)11(12)10-19-9-8-16-20-14-6-1-2-7-15(14)21-16/h1-7,19H,8-10H2. The molecule has 1 N–H and O–H groups in total. The van der Waals surface area contributed by atoms with E-state index in [1.807, 2.05) is 24.3 Å². The Labute approximate surface area is 125 Å². The van der Waals surface area contributed by atoms with Gasteiger partial charge in [-0.15, -0.1) is 11.3 Å². The summed E-state index contributed by atoms with van der Waals surface area (Å²) in [7, 11) is 0.